The van der Waals surface area contributed by atoms with Crippen LogP contribution in [0, 0.1) is 5.92 Å². The number of likely N-dealkylation sites (tertiary alicyclic amines) is 1. The summed E-state index contributed by atoms with van der Waals surface area (Å²) in [6.45, 7) is 1.03. The Morgan fingerprint density at radius 1 is 1.33 bits per heavy atom. The van der Waals surface area contributed by atoms with Gasteiger partial charge in [-0.2, -0.15) is 0 Å². The molecule has 1 aromatic heterocycles. The standard InChI is InChI=1S/C15H16N2O/c1-17-7-6-9-8-12(17)13-10-4-2-3-5-11(10)16-14(13)15(9)18/h2-5,9,12,16H,6-8H2,1H3/t9-,12+/m1/s1. The van der Waals surface area contributed by atoms with Crippen molar-refractivity contribution in [3.63, 3.8) is 0 Å². The molecule has 0 radical (unpaired) electrons. The summed E-state index contributed by atoms with van der Waals surface area (Å²) < 4.78 is 0. The number of para-hydroxylation sites is 1. The first kappa shape index (κ1) is 10.3. The zero-order valence-corrected chi connectivity index (χ0v) is 10.4. The Bertz CT molecular complexity index is 643. The molecule has 0 unspecified atom stereocenters. The number of aromatic amines is 1. The lowest BCUT2D eigenvalue weighted by atomic mass is 9.77. The van der Waals surface area contributed by atoms with Gasteiger partial charge in [-0.1, -0.05) is 18.2 Å². The van der Waals surface area contributed by atoms with E-state index in [-0.39, 0.29) is 5.92 Å². The second-order valence-corrected chi connectivity index (χ2v) is 5.54. The Morgan fingerprint density at radius 3 is 3.06 bits per heavy atom. The largest absolute Gasteiger partial charge is 0.352 e. The fraction of sp³-hybridized carbons (Fsp3) is 0.400. The highest BCUT2D eigenvalue weighted by Gasteiger charge is 2.40. The van der Waals surface area contributed by atoms with Crippen molar-refractivity contribution in [3.8, 4) is 0 Å². The van der Waals surface area contributed by atoms with Crippen molar-refractivity contribution < 1.29 is 4.79 Å². The van der Waals surface area contributed by atoms with Crippen LogP contribution in [0.15, 0.2) is 24.3 Å². The molecule has 0 spiro atoms. The molecule has 2 atom stereocenters. The van der Waals surface area contributed by atoms with Gasteiger partial charge in [0.15, 0.2) is 5.78 Å². The number of Topliss-reactive ketones (excluding diaryl/α,β-unsaturated/α-hetero) is 1. The Hall–Kier alpha value is -1.61. The fourth-order valence-corrected chi connectivity index (χ4v) is 3.57. The number of rotatable bonds is 0. The van der Waals surface area contributed by atoms with Crippen LogP contribution in [0.3, 0.4) is 0 Å². The number of hydrogen-bond acceptors (Lipinski definition) is 2. The van der Waals surface area contributed by atoms with Crippen molar-refractivity contribution >= 4 is 16.7 Å². The molecular formula is C15H16N2O. The van der Waals surface area contributed by atoms with E-state index in [1.165, 1.54) is 10.9 Å². The van der Waals surface area contributed by atoms with Crippen LogP contribution in [0.4, 0.5) is 0 Å². The van der Waals surface area contributed by atoms with Crippen LogP contribution in [0.2, 0.25) is 0 Å². The van der Waals surface area contributed by atoms with Gasteiger partial charge in [-0.25, -0.2) is 0 Å². The number of nitrogens with zero attached hydrogens (tertiary/aromatic N) is 1. The van der Waals surface area contributed by atoms with E-state index in [1.807, 2.05) is 6.07 Å². The summed E-state index contributed by atoms with van der Waals surface area (Å²) in [5, 5.41) is 1.22. The summed E-state index contributed by atoms with van der Waals surface area (Å²) in [6.07, 6.45) is 1.99. The Kier molecular flexibility index (Phi) is 1.98. The highest BCUT2D eigenvalue weighted by Crippen LogP contribution is 2.44. The zero-order chi connectivity index (χ0) is 12.3. The number of fused-ring (bicyclic) bond motifs is 6. The van der Waals surface area contributed by atoms with Gasteiger partial charge in [-0.15, -0.1) is 0 Å². The second-order valence-electron chi connectivity index (χ2n) is 5.54. The lowest BCUT2D eigenvalue weighted by Gasteiger charge is -2.40. The molecule has 4 rings (SSSR count). The van der Waals surface area contributed by atoms with Gasteiger partial charge in [-0.05, 0) is 32.5 Å². The molecule has 3 nitrogen and oxygen atoms in total. The average molecular weight is 240 g/mol. The van der Waals surface area contributed by atoms with E-state index >= 15 is 0 Å². The number of ketones is 1. The third-order valence-electron chi connectivity index (χ3n) is 4.57. The molecule has 1 saturated heterocycles. The molecule has 92 valence electrons. The molecule has 0 amide bonds. The molecule has 2 heterocycles. The minimum absolute atomic E-state index is 0.228. The van der Waals surface area contributed by atoms with Crippen molar-refractivity contribution in [3.05, 3.63) is 35.5 Å². The smallest absolute Gasteiger partial charge is 0.182 e. The molecule has 1 aliphatic heterocycles. The van der Waals surface area contributed by atoms with Crippen molar-refractivity contribution in [2.45, 2.75) is 18.9 Å². The van der Waals surface area contributed by atoms with Crippen LogP contribution in [0.5, 0.6) is 0 Å². The van der Waals surface area contributed by atoms with Crippen LogP contribution in [-0.4, -0.2) is 29.3 Å². The predicted octanol–water partition coefficient (Wildman–Crippen LogP) is 2.75. The maximum atomic E-state index is 12.5. The molecule has 2 bridgehead atoms. The molecule has 1 N–H and O–H groups in total. The quantitative estimate of drug-likeness (QED) is 0.768. The van der Waals surface area contributed by atoms with Crippen LogP contribution < -0.4 is 0 Å². The third-order valence-corrected chi connectivity index (χ3v) is 4.57. The van der Waals surface area contributed by atoms with Gasteiger partial charge in [-0.3, -0.25) is 9.69 Å². The van der Waals surface area contributed by atoms with Crippen LogP contribution >= 0.6 is 0 Å². The fourth-order valence-electron chi connectivity index (χ4n) is 3.57. The molecule has 0 saturated carbocycles. The summed E-state index contributed by atoms with van der Waals surface area (Å²) >= 11 is 0. The van der Waals surface area contributed by atoms with Gasteiger partial charge in [0.05, 0.1) is 5.69 Å². The van der Waals surface area contributed by atoms with Crippen molar-refractivity contribution in [1.29, 1.82) is 0 Å². The van der Waals surface area contributed by atoms with Crippen molar-refractivity contribution in [1.82, 2.24) is 9.88 Å². The topological polar surface area (TPSA) is 36.1 Å². The van der Waals surface area contributed by atoms with Gasteiger partial charge in [0.1, 0.15) is 0 Å². The summed E-state index contributed by atoms with van der Waals surface area (Å²) in [6, 6.07) is 8.67. The van der Waals surface area contributed by atoms with E-state index < -0.39 is 0 Å². The number of carbonyl (C=O) groups is 1. The summed E-state index contributed by atoms with van der Waals surface area (Å²) in [5.74, 6) is 0.553. The normalized spacial score (nSPS) is 27.5. The molecule has 1 fully saturated rings. The number of carbonyl (C=O) groups excluding carboxylic acids is 1. The first-order valence-electron chi connectivity index (χ1n) is 6.61. The summed E-state index contributed by atoms with van der Waals surface area (Å²) in [5.41, 5.74) is 3.19. The van der Waals surface area contributed by atoms with Gasteiger partial charge in [0, 0.05) is 28.4 Å². The van der Waals surface area contributed by atoms with E-state index in [1.54, 1.807) is 0 Å². The molecule has 1 aromatic carbocycles. The number of piperidine rings is 1. The Balaban J connectivity index is 2.03. The number of hydrogen-bond donors (Lipinski definition) is 1. The Labute approximate surface area is 106 Å². The number of benzene rings is 1. The first-order chi connectivity index (χ1) is 8.75. The van der Waals surface area contributed by atoms with E-state index in [0.29, 0.717) is 11.8 Å². The third kappa shape index (κ3) is 1.20. The molecule has 2 aliphatic rings. The highest BCUT2D eigenvalue weighted by molar-refractivity contribution is 6.05. The van der Waals surface area contributed by atoms with Gasteiger partial charge < -0.3 is 4.98 Å². The molecule has 3 heteroatoms. The predicted molar refractivity (Wildman–Crippen MR) is 70.7 cm³/mol. The number of nitrogens with one attached hydrogen (secondary N) is 1. The van der Waals surface area contributed by atoms with E-state index in [2.05, 4.69) is 35.1 Å². The molecule has 1 aliphatic carbocycles. The van der Waals surface area contributed by atoms with Gasteiger partial charge in [0.2, 0.25) is 0 Å². The van der Waals surface area contributed by atoms with Crippen LogP contribution in [0.1, 0.15) is 34.9 Å². The first-order valence-corrected chi connectivity index (χ1v) is 6.61. The van der Waals surface area contributed by atoms with Crippen LogP contribution in [0.25, 0.3) is 10.9 Å². The van der Waals surface area contributed by atoms with Crippen molar-refractivity contribution in [2.24, 2.45) is 5.92 Å². The SMILES string of the molecule is CN1CC[C@@H]2C[C@H]1c1c([nH]c3ccccc13)C2=O. The minimum Gasteiger partial charge on any atom is -0.352 e. The summed E-state index contributed by atoms with van der Waals surface area (Å²) in [4.78, 5) is 18.2. The van der Waals surface area contributed by atoms with Gasteiger partial charge >= 0.3 is 0 Å². The maximum Gasteiger partial charge on any atom is 0.182 e. The second kappa shape index (κ2) is 3.45. The van der Waals surface area contributed by atoms with E-state index in [4.69, 9.17) is 0 Å². The van der Waals surface area contributed by atoms with E-state index in [0.717, 1.165) is 30.6 Å². The Morgan fingerprint density at radius 2 is 2.17 bits per heavy atom. The average Bonchev–Trinajstić information content (AvgIpc) is 2.78. The number of H-pyrrole nitrogens is 1. The van der Waals surface area contributed by atoms with Gasteiger partial charge in [0.25, 0.3) is 0 Å². The maximum absolute atomic E-state index is 12.5. The minimum atomic E-state index is 0.228. The molecular weight excluding hydrogens is 224 g/mol. The molecule has 2 aromatic rings. The summed E-state index contributed by atoms with van der Waals surface area (Å²) in [7, 11) is 2.17. The lowest BCUT2D eigenvalue weighted by molar-refractivity contribution is 0.0725. The zero-order valence-electron chi connectivity index (χ0n) is 10.4. The lowest BCUT2D eigenvalue weighted by Crippen LogP contribution is -2.40. The number of aromatic nitrogens is 1. The van der Waals surface area contributed by atoms with Crippen LogP contribution in [-0.2, 0) is 0 Å². The monoisotopic (exact) mass is 240 g/mol. The molecule has 18 heavy (non-hydrogen) atoms. The van der Waals surface area contributed by atoms with Crippen molar-refractivity contribution in [2.75, 3.05) is 13.6 Å². The highest BCUT2D eigenvalue weighted by atomic mass is 16.1. The van der Waals surface area contributed by atoms with E-state index in [9.17, 15) is 4.79 Å².